The second kappa shape index (κ2) is 6.70. The summed E-state index contributed by atoms with van der Waals surface area (Å²) in [4.78, 5) is 11.4. The van der Waals surface area contributed by atoms with E-state index in [4.69, 9.17) is 4.74 Å². The standard InChI is InChI=1S/C13H27NO4S/c1-12(2,3)14-8-7-9-19(16,17)10-11(15)18-13(4,5)6/h14H,7-10H2,1-6H3. The van der Waals surface area contributed by atoms with E-state index in [0.717, 1.165) is 0 Å². The third kappa shape index (κ3) is 12.2. The van der Waals surface area contributed by atoms with Gasteiger partial charge in [0.25, 0.3) is 0 Å². The fourth-order valence-corrected chi connectivity index (χ4v) is 2.52. The van der Waals surface area contributed by atoms with Gasteiger partial charge in [0, 0.05) is 5.54 Å². The lowest BCUT2D eigenvalue weighted by Gasteiger charge is -2.21. The van der Waals surface area contributed by atoms with Crippen LogP contribution in [0.15, 0.2) is 0 Å². The molecule has 0 aromatic carbocycles. The van der Waals surface area contributed by atoms with E-state index in [0.29, 0.717) is 13.0 Å². The van der Waals surface area contributed by atoms with Crippen molar-refractivity contribution in [2.75, 3.05) is 18.1 Å². The number of esters is 1. The Labute approximate surface area is 117 Å². The van der Waals surface area contributed by atoms with E-state index >= 15 is 0 Å². The minimum Gasteiger partial charge on any atom is -0.459 e. The molecule has 0 bridgehead atoms. The van der Waals surface area contributed by atoms with Gasteiger partial charge in [-0.15, -0.1) is 0 Å². The van der Waals surface area contributed by atoms with Gasteiger partial charge in [0.1, 0.15) is 11.4 Å². The first-order valence-electron chi connectivity index (χ1n) is 6.48. The molecule has 19 heavy (non-hydrogen) atoms. The Bertz CT molecular complexity index is 388. The number of carbonyl (C=O) groups excluding carboxylic acids is 1. The summed E-state index contributed by atoms with van der Waals surface area (Å²) in [5.41, 5.74) is -0.685. The van der Waals surface area contributed by atoms with Gasteiger partial charge in [-0.3, -0.25) is 4.79 Å². The normalized spacial score (nSPS) is 13.4. The van der Waals surface area contributed by atoms with E-state index in [1.165, 1.54) is 0 Å². The van der Waals surface area contributed by atoms with Gasteiger partial charge in [-0.25, -0.2) is 8.42 Å². The molecule has 1 N–H and O–H groups in total. The van der Waals surface area contributed by atoms with Crippen LogP contribution in [0.2, 0.25) is 0 Å². The SMILES string of the molecule is CC(C)(C)NCCCS(=O)(=O)CC(=O)OC(C)(C)C. The molecular formula is C13H27NO4S. The van der Waals surface area contributed by atoms with Crippen molar-refractivity contribution >= 4 is 15.8 Å². The van der Waals surface area contributed by atoms with Gasteiger partial charge in [0.2, 0.25) is 0 Å². The smallest absolute Gasteiger partial charge is 0.321 e. The monoisotopic (exact) mass is 293 g/mol. The molecule has 0 rings (SSSR count). The molecule has 0 aliphatic carbocycles. The summed E-state index contributed by atoms with van der Waals surface area (Å²) in [5, 5.41) is 3.21. The van der Waals surface area contributed by atoms with Crippen LogP contribution < -0.4 is 5.32 Å². The van der Waals surface area contributed by atoms with Crippen molar-refractivity contribution in [2.45, 2.75) is 59.1 Å². The summed E-state index contributed by atoms with van der Waals surface area (Å²) >= 11 is 0. The van der Waals surface area contributed by atoms with E-state index in [2.05, 4.69) is 5.32 Å². The number of nitrogens with one attached hydrogen (secondary N) is 1. The van der Waals surface area contributed by atoms with Gasteiger partial charge in [-0.1, -0.05) is 0 Å². The number of sulfone groups is 1. The molecule has 0 aliphatic heterocycles. The Morgan fingerprint density at radius 3 is 2.05 bits per heavy atom. The van der Waals surface area contributed by atoms with Crippen molar-refractivity contribution in [1.82, 2.24) is 5.32 Å². The number of rotatable bonds is 6. The molecule has 0 saturated heterocycles. The van der Waals surface area contributed by atoms with E-state index in [-0.39, 0.29) is 11.3 Å². The summed E-state index contributed by atoms with van der Waals surface area (Å²) in [6.45, 7) is 11.8. The molecule has 0 saturated carbocycles. The topological polar surface area (TPSA) is 72.5 Å². The average Bonchev–Trinajstić information content (AvgIpc) is 2.06. The Hall–Kier alpha value is -0.620. The van der Waals surface area contributed by atoms with Crippen molar-refractivity contribution in [3.63, 3.8) is 0 Å². The zero-order chi connectivity index (χ0) is 15.3. The highest BCUT2D eigenvalue weighted by atomic mass is 32.2. The van der Waals surface area contributed by atoms with Crippen LogP contribution in [0.25, 0.3) is 0 Å². The van der Waals surface area contributed by atoms with Gasteiger partial charge >= 0.3 is 5.97 Å². The Balaban J connectivity index is 4.10. The molecule has 0 atom stereocenters. The maximum Gasteiger partial charge on any atom is 0.321 e. The predicted molar refractivity (Wildman–Crippen MR) is 76.9 cm³/mol. The first kappa shape index (κ1) is 18.4. The van der Waals surface area contributed by atoms with Crippen LogP contribution in [0.4, 0.5) is 0 Å². The van der Waals surface area contributed by atoms with Gasteiger partial charge in [-0.05, 0) is 54.5 Å². The van der Waals surface area contributed by atoms with Crippen LogP contribution >= 0.6 is 0 Å². The quantitative estimate of drug-likeness (QED) is 0.594. The summed E-state index contributed by atoms with van der Waals surface area (Å²) in [7, 11) is -3.39. The van der Waals surface area contributed by atoms with Crippen LogP contribution in [-0.4, -0.2) is 43.6 Å². The van der Waals surface area contributed by atoms with Gasteiger partial charge in [-0.2, -0.15) is 0 Å². The second-order valence-corrected chi connectivity index (χ2v) is 8.89. The van der Waals surface area contributed by atoms with Gasteiger partial charge in [0.15, 0.2) is 9.84 Å². The van der Waals surface area contributed by atoms with Crippen molar-refractivity contribution < 1.29 is 17.9 Å². The molecule has 0 fully saturated rings. The average molecular weight is 293 g/mol. The van der Waals surface area contributed by atoms with E-state index in [1.807, 2.05) is 20.8 Å². The molecule has 0 heterocycles. The molecule has 0 aromatic heterocycles. The molecule has 0 amide bonds. The third-order valence-electron chi connectivity index (χ3n) is 2.05. The number of ether oxygens (including phenoxy) is 1. The highest BCUT2D eigenvalue weighted by Gasteiger charge is 2.22. The highest BCUT2D eigenvalue weighted by Crippen LogP contribution is 2.08. The lowest BCUT2D eigenvalue weighted by Crippen LogP contribution is -2.37. The zero-order valence-electron chi connectivity index (χ0n) is 12.9. The maximum atomic E-state index is 11.7. The van der Waals surface area contributed by atoms with Crippen LogP contribution in [0, 0.1) is 0 Å². The van der Waals surface area contributed by atoms with Crippen LogP contribution in [0.5, 0.6) is 0 Å². The van der Waals surface area contributed by atoms with Crippen molar-refractivity contribution in [3.05, 3.63) is 0 Å². The van der Waals surface area contributed by atoms with Crippen molar-refractivity contribution in [1.29, 1.82) is 0 Å². The molecule has 0 spiro atoms. The second-order valence-electron chi connectivity index (χ2n) is 6.71. The highest BCUT2D eigenvalue weighted by molar-refractivity contribution is 7.92. The molecule has 0 aromatic rings. The minimum absolute atomic E-state index is 0.00464. The first-order chi connectivity index (χ1) is 8.31. The van der Waals surface area contributed by atoms with E-state index < -0.39 is 27.2 Å². The molecule has 6 heteroatoms. The summed E-state index contributed by atoms with van der Waals surface area (Å²) in [6, 6.07) is 0. The fraction of sp³-hybridized carbons (Fsp3) is 0.923. The molecular weight excluding hydrogens is 266 g/mol. The molecule has 114 valence electrons. The third-order valence-corrected chi connectivity index (χ3v) is 3.63. The number of hydrogen-bond donors (Lipinski definition) is 1. The summed E-state index contributed by atoms with van der Waals surface area (Å²) in [5.74, 6) is -1.23. The maximum absolute atomic E-state index is 11.7. The lowest BCUT2D eigenvalue weighted by atomic mass is 10.1. The molecule has 0 unspecified atom stereocenters. The first-order valence-corrected chi connectivity index (χ1v) is 8.30. The predicted octanol–water partition coefficient (Wildman–Crippen LogP) is 1.52. The Kier molecular flexibility index (Phi) is 6.48. The van der Waals surface area contributed by atoms with Gasteiger partial charge < -0.3 is 10.1 Å². The van der Waals surface area contributed by atoms with Crippen LogP contribution in [0.1, 0.15) is 48.0 Å². The minimum atomic E-state index is -3.39. The molecule has 5 nitrogen and oxygen atoms in total. The fourth-order valence-electron chi connectivity index (χ4n) is 1.38. The summed E-state index contributed by atoms with van der Waals surface area (Å²) in [6.07, 6.45) is 0.488. The van der Waals surface area contributed by atoms with E-state index in [1.54, 1.807) is 20.8 Å². The Morgan fingerprint density at radius 1 is 1.11 bits per heavy atom. The van der Waals surface area contributed by atoms with Gasteiger partial charge in [0.05, 0.1) is 5.75 Å². The molecule has 0 aliphatic rings. The van der Waals surface area contributed by atoms with E-state index in [9.17, 15) is 13.2 Å². The van der Waals surface area contributed by atoms with Crippen molar-refractivity contribution in [3.8, 4) is 0 Å². The number of carbonyl (C=O) groups is 1. The number of hydrogen-bond acceptors (Lipinski definition) is 5. The zero-order valence-corrected chi connectivity index (χ0v) is 13.7. The molecule has 0 radical (unpaired) electrons. The Morgan fingerprint density at radius 2 is 1.63 bits per heavy atom. The lowest BCUT2D eigenvalue weighted by molar-refractivity contribution is -0.151. The van der Waals surface area contributed by atoms with Crippen molar-refractivity contribution in [2.24, 2.45) is 0 Å². The van der Waals surface area contributed by atoms with Crippen LogP contribution in [-0.2, 0) is 19.4 Å². The summed E-state index contributed by atoms with van der Waals surface area (Å²) < 4.78 is 28.4. The van der Waals surface area contributed by atoms with Crippen LogP contribution in [0.3, 0.4) is 0 Å². The largest absolute Gasteiger partial charge is 0.459 e.